The number of hydrogen-bond acceptors (Lipinski definition) is 3. The van der Waals surface area contributed by atoms with E-state index in [1.54, 1.807) is 6.07 Å². The third-order valence-corrected chi connectivity index (χ3v) is 6.10. The third kappa shape index (κ3) is 2.74. The summed E-state index contributed by atoms with van der Waals surface area (Å²) in [5, 5.41) is 0.505. The van der Waals surface area contributed by atoms with Gasteiger partial charge in [0.25, 0.3) is 5.56 Å². The van der Waals surface area contributed by atoms with Crippen LogP contribution < -0.4 is 11.0 Å². The average Bonchev–Trinajstić information content (AvgIpc) is 3.34. The summed E-state index contributed by atoms with van der Waals surface area (Å²) in [5.41, 5.74) is 4.09. The lowest BCUT2D eigenvalue weighted by molar-refractivity contribution is -0.122. The standard InChI is InChI=1S/C22H21N3O2/c26-21(18-13-14-10-11-16(18)12-14)24-25-20(15-6-2-1-3-7-15)23-19-9-5-4-8-17(19)22(25)27/h1-9,14,16,18H,10-13H2,(H,24,26). The van der Waals surface area contributed by atoms with Crippen molar-refractivity contribution in [3.8, 4) is 11.4 Å². The molecule has 2 fully saturated rings. The number of para-hydroxylation sites is 1. The van der Waals surface area contributed by atoms with Gasteiger partial charge in [-0.25, -0.2) is 4.98 Å². The SMILES string of the molecule is O=C(Nn1c(-c2ccccc2)nc2ccccc2c1=O)C1CC2CCC1C2. The van der Waals surface area contributed by atoms with E-state index in [4.69, 9.17) is 0 Å². The molecule has 1 amide bonds. The molecule has 27 heavy (non-hydrogen) atoms. The first kappa shape index (κ1) is 16.2. The molecule has 1 aromatic heterocycles. The third-order valence-electron chi connectivity index (χ3n) is 6.10. The maximum Gasteiger partial charge on any atom is 0.280 e. The quantitative estimate of drug-likeness (QED) is 0.777. The monoisotopic (exact) mass is 359 g/mol. The summed E-state index contributed by atoms with van der Waals surface area (Å²) in [4.78, 5) is 30.8. The molecular formula is C22H21N3O2. The number of nitrogens with zero attached hydrogens (tertiary/aromatic N) is 2. The van der Waals surface area contributed by atoms with E-state index in [1.807, 2.05) is 48.5 Å². The number of aromatic nitrogens is 2. The van der Waals surface area contributed by atoms with E-state index in [1.165, 1.54) is 11.1 Å². The molecule has 2 bridgehead atoms. The van der Waals surface area contributed by atoms with Gasteiger partial charge in [-0.1, -0.05) is 48.9 Å². The molecule has 0 aliphatic heterocycles. The Balaban J connectivity index is 1.60. The van der Waals surface area contributed by atoms with Gasteiger partial charge in [0.1, 0.15) is 0 Å². The summed E-state index contributed by atoms with van der Waals surface area (Å²) < 4.78 is 1.34. The van der Waals surface area contributed by atoms with Gasteiger partial charge < -0.3 is 0 Å². The number of nitrogens with one attached hydrogen (secondary N) is 1. The molecule has 5 nitrogen and oxygen atoms in total. The Morgan fingerprint density at radius 1 is 1.00 bits per heavy atom. The lowest BCUT2D eigenvalue weighted by atomic mass is 9.88. The van der Waals surface area contributed by atoms with Crippen molar-refractivity contribution < 1.29 is 4.79 Å². The fourth-order valence-corrected chi connectivity index (χ4v) is 4.78. The zero-order chi connectivity index (χ0) is 18.4. The molecule has 2 saturated carbocycles. The molecule has 3 aromatic rings. The molecule has 2 aromatic carbocycles. The zero-order valence-electron chi connectivity index (χ0n) is 15.0. The lowest BCUT2D eigenvalue weighted by Crippen LogP contribution is -2.39. The Morgan fingerprint density at radius 3 is 2.52 bits per heavy atom. The predicted molar refractivity (Wildman–Crippen MR) is 105 cm³/mol. The van der Waals surface area contributed by atoms with Crippen LogP contribution in [0.3, 0.4) is 0 Å². The fraction of sp³-hybridized carbons (Fsp3) is 0.318. The molecular weight excluding hydrogens is 338 g/mol. The second-order valence-corrected chi connectivity index (χ2v) is 7.72. The number of carbonyl (C=O) groups is 1. The Hall–Kier alpha value is -2.95. The summed E-state index contributed by atoms with van der Waals surface area (Å²) in [7, 11) is 0. The highest BCUT2D eigenvalue weighted by Gasteiger charge is 2.43. The van der Waals surface area contributed by atoms with Crippen molar-refractivity contribution in [2.75, 3.05) is 5.43 Å². The van der Waals surface area contributed by atoms with E-state index in [0.717, 1.165) is 24.8 Å². The number of hydrogen-bond donors (Lipinski definition) is 1. The first-order valence-electron chi connectivity index (χ1n) is 9.59. The summed E-state index contributed by atoms with van der Waals surface area (Å²) in [6.45, 7) is 0. The van der Waals surface area contributed by atoms with E-state index in [0.29, 0.717) is 28.6 Å². The Labute approximate surface area is 157 Å². The van der Waals surface area contributed by atoms with Crippen molar-refractivity contribution in [2.24, 2.45) is 17.8 Å². The van der Waals surface area contributed by atoms with Crippen LogP contribution >= 0.6 is 0 Å². The molecule has 0 radical (unpaired) electrons. The fourth-order valence-electron chi connectivity index (χ4n) is 4.78. The van der Waals surface area contributed by atoms with Crippen LogP contribution in [-0.2, 0) is 4.79 Å². The van der Waals surface area contributed by atoms with Crippen LogP contribution in [0.25, 0.3) is 22.3 Å². The molecule has 1 N–H and O–H groups in total. The summed E-state index contributed by atoms with van der Waals surface area (Å²) in [6, 6.07) is 16.8. The highest BCUT2D eigenvalue weighted by Crippen LogP contribution is 2.48. The van der Waals surface area contributed by atoms with Crippen LogP contribution in [0.5, 0.6) is 0 Å². The van der Waals surface area contributed by atoms with E-state index < -0.39 is 0 Å². The van der Waals surface area contributed by atoms with E-state index in [-0.39, 0.29) is 17.4 Å². The second kappa shape index (κ2) is 6.34. The number of amides is 1. The Kier molecular flexibility index (Phi) is 3.81. The number of benzene rings is 2. The number of carbonyl (C=O) groups excluding carboxylic acids is 1. The average molecular weight is 359 g/mol. The molecule has 5 heteroatoms. The van der Waals surface area contributed by atoms with Crippen LogP contribution in [0.4, 0.5) is 0 Å². The van der Waals surface area contributed by atoms with Crippen LogP contribution in [0.15, 0.2) is 59.4 Å². The van der Waals surface area contributed by atoms with Crippen LogP contribution in [0, 0.1) is 17.8 Å². The van der Waals surface area contributed by atoms with Crippen molar-refractivity contribution in [3.05, 3.63) is 65.0 Å². The molecule has 0 spiro atoms. The number of fused-ring (bicyclic) bond motifs is 3. The van der Waals surface area contributed by atoms with Gasteiger partial charge >= 0.3 is 0 Å². The van der Waals surface area contributed by atoms with Gasteiger partial charge in [-0.05, 0) is 43.2 Å². The number of rotatable bonds is 3. The largest absolute Gasteiger partial charge is 0.280 e. The maximum atomic E-state index is 13.1. The molecule has 136 valence electrons. The highest BCUT2D eigenvalue weighted by molar-refractivity contribution is 5.88. The normalized spacial score (nSPS) is 23.6. The van der Waals surface area contributed by atoms with Gasteiger partial charge in [0.05, 0.1) is 10.9 Å². The molecule has 2 aliphatic rings. The summed E-state index contributed by atoms with van der Waals surface area (Å²) in [5.74, 6) is 1.55. The molecule has 1 heterocycles. The van der Waals surface area contributed by atoms with Gasteiger partial charge in [0.15, 0.2) is 5.82 Å². The minimum absolute atomic E-state index is 0.00532. The van der Waals surface area contributed by atoms with Gasteiger partial charge in [0, 0.05) is 11.5 Å². The van der Waals surface area contributed by atoms with Crippen LogP contribution in [0.2, 0.25) is 0 Å². The molecule has 2 aliphatic carbocycles. The van der Waals surface area contributed by atoms with Crippen LogP contribution in [0.1, 0.15) is 25.7 Å². The van der Waals surface area contributed by atoms with Gasteiger partial charge in [-0.2, -0.15) is 4.68 Å². The topological polar surface area (TPSA) is 64.0 Å². The Bertz CT molecular complexity index is 1070. The molecule has 0 saturated heterocycles. The molecule has 5 rings (SSSR count). The van der Waals surface area contributed by atoms with E-state index in [9.17, 15) is 9.59 Å². The molecule has 3 unspecified atom stereocenters. The summed E-state index contributed by atoms with van der Waals surface area (Å²) >= 11 is 0. The molecule has 3 atom stereocenters. The first-order valence-corrected chi connectivity index (χ1v) is 9.59. The maximum absolute atomic E-state index is 13.1. The van der Waals surface area contributed by atoms with Gasteiger partial charge in [0.2, 0.25) is 5.91 Å². The zero-order valence-corrected chi connectivity index (χ0v) is 15.0. The second-order valence-electron chi connectivity index (χ2n) is 7.72. The smallest absolute Gasteiger partial charge is 0.273 e. The van der Waals surface area contributed by atoms with Crippen molar-refractivity contribution in [1.29, 1.82) is 0 Å². The highest BCUT2D eigenvalue weighted by atomic mass is 16.2. The summed E-state index contributed by atoms with van der Waals surface area (Å²) in [6.07, 6.45) is 4.45. The van der Waals surface area contributed by atoms with E-state index in [2.05, 4.69) is 10.4 Å². The van der Waals surface area contributed by atoms with Crippen LogP contribution in [-0.4, -0.2) is 15.6 Å². The Morgan fingerprint density at radius 2 is 1.78 bits per heavy atom. The first-order chi connectivity index (χ1) is 13.2. The van der Waals surface area contributed by atoms with E-state index >= 15 is 0 Å². The minimum Gasteiger partial charge on any atom is -0.273 e. The van der Waals surface area contributed by atoms with Gasteiger partial charge in [-0.15, -0.1) is 0 Å². The van der Waals surface area contributed by atoms with Crippen molar-refractivity contribution >= 4 is 16.8 Å². The van der Waals surface area contributed by atoms with Crippen molar-refractivity contribution in [2.45, 2.75) is 25.7 Å². The lowest BCUT2D eigenvalue weighted by Gasteiger charge is -2.22. The van der Waals surface area contributed by atoms with Gasteiger partial charge in [-0.3, -0.25) is 15.0 Å². The minimum atomic E-state index is -0.240. The predicted octanol–water partition coefficient (Wildman–Crippen LogP) is 3.57. The van der Waals surface area contributed by atoms with Crippen molar-refractivity contribution in [3.63, 3.8) is 0 Å². The van der Waals surface area contributed by atoms with Crippen molar-refractivity contribution in [1.82, 2.24) is 9.66 Å².